The predicted octanol–water partition coefficient (Wildman–Crippen LogP) is 3.52. The van der Waals surface area contributed by atoms with Crippen LogP contribution in [0, 0.1) is 10.8 Å². The second kappa shape index (κ2) is 1.99. The van der Waals surface area contributed by atoms with Crippen molar-refractivity contribution >= 4 is 0 Å². The molecule has 0 aromatic rings. The summed E-state index contributed by atoms with van der Waals surface area (Å²) in [6, 6.07) is 0. The molecule has 3 saturated carbocycles. The minimum absolute atomic E-state index is 0.115. The van der Waals surface area contributed by atoms with Crippen LogP contribution in [0.5, 0.6) is 0 Å². The fraction of sp³-hybridized carbons (Fsp3) is 1.00. The lowest BCUT2D eigenvalue weighted by Crippen LogP contribution is -2.67. The Labute approximate surface area is 70.1 Å². The van der Waals surface area contributed by atoms with Crippen molar-refractivity contribution in [3.05, 3.63) is 0 Å². The van der Waals surface area contributed by atoms with Crippen LogP contribution in [-0.2, 0) is 0 Å². The summed E-state index contributed by atoms with van der Waals surface area (Å²) in [7, 11) is 0. The fourth-order valence-electron chi connectivity index (χ4n) is 3.09. The predicted molar refractivity (Wildman–Crippen MR) is 39.7 cm³/mol. The van der Waals surface area contributed by atoms with Crippen molar-refractivity contribution < 1.29 is 13.2 Å². The quantitative estimate of drug-likeness (QED) is 0.606. The van der Waals surface area contributed by atoms with Crippen molar-refractivity contribution in [2.75, 3.05) is 0 Å². The van der Waals surface area contributed by atoms with E-state index in [1.165, 1.54) is 0 Å². The summed E-state index contributed by atoms with van der Waals surface area (Å²) in [6.45, 7) is 2.04. The van der Waals surface area contributed by atoms with Gasteiger partial charge in [-0.3, -0.25) is 0 Å². The Bertz CT molecular complexity index is 185. The maximum absolute atomic E-state index is 12.3. The summed E-state index contributed by atoms with van der Waals surface area (Å²) in [5, 5.41) is 0. The number of alkyl halides is 3. The summed E-state index contributed by atoms with van der Waals surface area (Å²) in [5.74, 6) is 0. The molecule has 70 valence electrons. The van der Waals surface area contributed by atoms with Gasteiger partial charge in [-0.15, -0.1) is 0 Å². The molecule has 12 heavy (non-hydrogen) atoms. The Morgan fingerprint density at radius 2 is 1.67 bits per heavy atom. The molecular weight excluding hydrogens is 165 g/mol. The smallest absolute Gasteiger partial charge is 0.171 e. The van der Waals surface area contributed by atoms with Crippen LogP contribution >= 0.6 is 0 Å². The van der Waals surface area contributed by atoms with Crippen molar-refractivity contribution in [2.24, 2.45) is 10.8 Å². The zero-order chi connectivity index (χ0) is 9.04. The third-order valence-electron chi connectivity index (χ3n) is 3.52. The van der Waals surface area contributed by atoms with Gasteiger partial charge in [0.25, 0.3) is 0 Å². The Balaban J connectivity index is 1.95. The van der Waals surface area contributed by atoms with Crippen molar-refractivity contribution in [1.29, 1.82) is 0 Å². The molecule has 0 heterocycles. The van der Waals surface area contributed by atoms with Gasteiger partial charge in [0.05, 0.1) is 5.41 Å². The van der Waals surface area contributed by atoms with Crippen LogP contribution in [0.15, 0.2) is 0 Å². The normalized spacial score (nSPS) is 45.0. The zero-order valence-electron chi connectivity index (χ0n) is 7.17. The molecule has 0 amide bonds. The summed E-state index contributed by atoms with van der Waals surface area (Å²) in [5.41, 5.74) is -1.12. The SMILES string of the molecule is CCCC12CC(C(F)(F)F)(C1)C2. The van der Waals surface area contributed by atoms with E-state index in [0.29, 0.717) is 19.3 Å². The minimum Gasteiger partial charge on any atom is -0.171 e. The van der Waals surface area contributed by atoms with Gasteiger partial charge < -0.3 is 0 Å². The summed E-state index contributed by atoms with van der Waals surface area (Å²) < 4.78 is 37.0. The van der Waals surface area contributed by atoms with Gasteiger partial charge in [0.15, 0.2) is 0 Å². The van der Waals surface area contributed by atoms with Crippen molar-refractivity contribution in [3.8, 4) is 0 Å². The average molecular weight is 178 g/mol. The summed E-state index contributed by atoms with van der Waals surface area (Å²) in [4.78, 5) is 0. The topological polar surface area (TPSA) is 0 Å². The van der Waals surface area contributed by atoms with Gasteiger partial charge in [-0.05, 0) is 31.1 Å². The standard InChI is InChI=1S/C9H13F3/c1-2-3-7-4-8(5-7,6-7)9(10,11)12/h2-6H2,1H3. The molecule has 0 aromatic heterocycles. The summed E-state index contributed by atoms with van der Waals surface area (Å²) >= 11 is 0. The molecule has 2 bridgehead atoms. The van der Waals surface area contributed by atoms with Gasteiger partial charge in [0.2, 0.25) is 0 Å². The highest BCUT2D eigenvalue weighted by Crippen LogP contribution is 2.79. The molecule has 0 aliphatic heterocycles. The molecule has 0 saturated heterocycles. The van der Waals surface area contributed by atoms with E-state index < -0.39 is 11.6 Å². The van der Waals surface area contributed by atoms with E-state index in [4.69, 9.17) is 0 Å². The minimum atomic E-state index is -3.93. The lowest BCUT2D eigenvalue weighted by Gasteiger charge is -2.71. The van der Waals surface area contributed by atoms with E-state index in [0.717, 1.165) is 12.8 Å². The van der Waals surface area contributed by atoms with Crippen LogP contribution < -0.4 is 0 Å². The first-order chi connectivity index (χ1) is 5.43. The highest BCUT2D eigenvalue weighted by atomic mass is 19.4. The Morgan fingerprint density at radius 3 is 2.00 bits per heavy atom. The lowest BCUT2D eigenvalue weighted by molar-refractivity contribution is -0.364. The van der Waals surface area contributed by atoms with Gasteiger partial charge in [0, 0.05) is 0 Å². The van der Waals surface area contributed by atoms with Gasteiger partial charge in [0.1, 0.15) is 0 Å². The molecule has 3 rings (SSSR count). The number of hydrogen-bond acceptors (Lipinski definition) is 0. The zero-order valence-corrected chi connectivity index (χ0v) is 7.17. The molecule has 3 aliphatic carbocycles. The van der Waals surface area contributed by atoms with Gasteiger partial charge in [-0.1, -0.05) is 13.3 Å². The Morgan fingerprint density at radius 1 is 1.17 bits per heavy atom. The Kier molecular flexibility index (Phi) is 1.39. The average Bonchev–Trinajstić information content (AvgIpc) is 1.70. The lowest BCUT2D eigenvalue weighted by atomic mass is 9.34. The Hall–Kier alpha value is -0.210. The van der Waals surface area contributed by atoms with E-state index in [2.05, 4.69) is 0 Å². The first kappa shape index (κ1) is 8.39. The molecule has 0 spiro atoms. The second-order valence-corrected chi connectivity index (χ2v) is 4.56. The van der Waals surface area contributed by atoms with Gasteiger partial charge in [-0.2, -0.15) is 13.2 Å². The van der Waals surface area contributed by atoms with Crippen LogP contribution in [0.2, 0.25) is 0 Å². The fourth-order valence-corrected chi connectivity index (χ4v) is 3.09. The van der Waals surface area contributed by atoms with Crippen molar-refractivity contribution in [1.82, 2.24) is 0 Å². The number of rotatable bonds is 2. The number of hydrogen-bond donors (Lipinski definition) is 0. The first-order valence-corrected chi connectivity index (χ1v) is 4.50. The third-order valence-corrected chi connectivity index (χ3v) is 3.52. The molecule has 0 atom stereocenters. The van der Waals surface area contributed by atoms with Gasteiger partial charge in [-0.25, -0.2) is 0 Å². The molecule has 0 aromatic carbocycles. The maximum Gasteiger partial charge on any atom is 0.394 e. The first-order valence-electron chi connectivity index (χ1n) is 4.50. The van der Waals surface area contributed by atoms with Crippen molar-refractivity contribution in [3.63, 3.8) is 0 Å². The summed E-state index contributed by atoms with van der Waals surface area (Å²) in [6.07, 6.45) is -0.673. The van der Waals surface area contributed by atoms with Crippen LogP contribution in [0.25, 0.3) is 0 Å². The molecule has 0 unspecified atom stereocenters. The van der Waals surface area contributed by atoms with E-state index in [9.17, 15) is 13.2 Å². The van der Waals surface area contributed by atoms with E-state index in [1.807, 2.05) is 6.92 Å². The van der Waals surface area contributed by atoms with Crippen LogP contribution in [0.1, 0.15) is 39.0 Å². The van der Waals surface area contributed by atoms with Crippen LogP contribution in [0.4, 0.5) is 13.2 Å². The van der Waals surface area contributed by atoms with Crippen molar-refractivity contribution in [2.45, 2.75) is 45.2 Å². The van der Waals surface area contributed by atoms with E-state index in [1.54, 1.807) is 0 Å². The highest BCUT2D eigenvalue weighted by Gasteiger charge is 2.77. The largest absolute Gasteiger partial charge is 0.394 e. The van der Waals surface area contributed by atoms with Crippen LogP contribution in [-0.4, -0.2) is 6.18 Å². The maximum atomic E-state index is 12.3. The van der Waals surface area contributed by atoms with Crippen LogP contribution in [0.3, 0.4) is 0 Å². The monoisotopic (exact) mass is 178 g/mol. The highest BCUT2D eigenvalue weighted by molar-refractivity contribution is 5.19. The third kappa shape index (κ3) is 0.798. The molecule has 3 fully saturated rings. The van der Waals surface area contributed by atoms with E-state index >= 15 is 0 Å². The molecule has 3 aliphatic rings. The molecule has 0 radical (unpaired) electrons. The molecule has 0 nitrogen and oxygen atoms in total. The molecular formula is C9H13F3. The molecule has 3 heteroatoms. The number of halogens is 3. The van der Waals surface area contributed by atoms with Gasteiger partial charge >= 0.3 is 6.18 Å². The van der Waals surface area contributed by atoms with E-state index in [-0.39, 0.29) is 5.41 Å². The second-order valence-electron chi connectivity index (χ2n) is 4.56. The molecule has 0 N–H and O–H groups in total.